The second-order valence-corrected chi connectivity index (χ2v) is 8.71. The van der Waals surface area contributed by atoms with Crippen molar-refractivity contribution in [2.24, 2.45) is 0 Å². The topological polar surface area (TPSA) is 97.8 Å². The lowest BCUT2D eigenvalue weighted by molar-refractivity contribution is -0.127. The van der Waals surface area contributed by atoms with Crippen molar-refractivity contribution in [2.75, 3.05) is 23.9 Å². The molecule has 4 rings (SSSR count). The van der Waals surface area contributed by atoms with Crippen molar-refractivity contribution in [1.29, 1.82) is 0 Å². The standard InChI is InChI=1S/C25H25N3O5S/c1-4-5-21(29)17-8-11-22-20(12-17)28(24(31)15(2)33-22)13-23(30)27-25-26-19(14-34-25)16-6-9-18(32-3)10-7-16/h6-12,14-15H,4-5,13H2,1-3H3,(H,26,27,30). The van der Waals surface area contributed by atoms with E-state index in [-0.39, 0.29) is 18.2 Å². The Balaban J connectivity index is 1.50. The smallest absolute Gasteiger partial charge is 0.268 e. The number of hydrogen-bond acceptors (Lipinski definition) is 7. The van der Waals surface area contributed by atoms with Crippen LogP contribution in [0.4, 0.5) is 10.8 Å². The molecule has 2 aromatic carbocycles. The third kappa shape index (κ3) is 4.94. The first-order valence-electron chi connectivity index (χ1n) is 10.9. The van der Waals surface area contributed by atoms with Crippen LogP contribution >= 0.6 is 11.3 Å². The van der Waals surface area contributed by atoms with Gasteiger partial charge >= 0.3 is 0 Å². The van der Waals surface area contributed by atoms with Gasteiger partial charge in [0.15, 0.2) is 17.0 Å². The molecule has 0 fully saturated rings. The Morgan fingerprint density at radius 3 is 2.68 bits per heavy atom. The third-order valence-corrected chi connectivity index (χ3v) is 6.16. The summed E-state index contributed by atoms with van der Waals surface area (Å²) in [5.74, 6) is 0.450. The van der Waals surface area contributed by atoms with Gasteiger partial charge in [0, 0.05) is 22.9 Å². The van der Waals surface area contributed by atoms with Gasteiger partial charge in [-0.25, -0.2) is 4.98 Å². The summed E-state index contributed by atoms with van der Waals surface area (Å²) in [6.45, 7) is 3.34. The Kier molecular flexibility index (Phi) is 6.93. The maximum atomic E-state index is 12.8. The van der Waals surface area contributed by atoms with Crippen LogP contribution in [-0.2, 0) is 9.59 Å². The second-order valence-electron chi connectivity index (χ2n) is 7.85. The number of thiazole rings is 1. The quantitative estimate of drug-likeness (QED) is 0.476. The maximum Gasteiger partial charge on any atom is 0.268 e. The summed E-state index contributed by atoms with van der Waals surface area (Å²) in [6, 6.07) is 12.4. The number of nitrogens with zero attached hydrogens (tertiary/aromatic N) is 2. The van der Waals surface area contributed by atoms with Crippen molar-refractivity contribution in [3.8, 4) is 22.8 Å². The van der Waals surface area contributed by atoms with Gasteiger partial charge in [0.05, 0.1) is 18.5 Å². The van der Waals surface area contributed by atoms with E-state index in [0.717, 1.165) is 23.4 Å². The molecular weight excluding hydrogens is 454 g/mol. The summed E-state index contributed by atoms with van der Waals surface area (Å²) >= 11 is 1.30. The fraction of sp³-hybridized carbons (Fsp3) is 0.280. The van der Waals surface area contributed by atoms with Gasteiger partial charge in [0.25, 0.3) is 5.91 Å². The molecule has 1 aromatic heterocycles. The van der Waals surface area contributed by atoms with E-state index in [2.05, 4.69) is 10.3 Å². The van der Waals surface area contributed by atoms with Crippen LogP contribution in [0.3, 0.4) is 0 Å². The minimum Gasteiger partial charge on any atom is -0.497 e. The third-order valence-electron chi connectivity index (χ3n) is 5.40. The lowest BCUT2D eigenvalue weighted by atomic mass is 10.0. The second kappa shape index (κ2) is 10.0. The van der Waals surface area contributed by atoms with E-state index >= 15 is 0 Å². The van der Waals surface area contributed by atoms with E-state index in [1.54, 1.807) is 32.2 Å². The summed E-state index contributed by atoms with van der Waals surface area (Å²) in [6.07, 6.45) is 0.394. The minimum atomic E-state index is -0.737. The molecule has 9 heteroatoms. The van der Waals surface area contributed by atoms with Crippen molar-refractivity contribution in [1.82, 2.24) is 4.98 Å². The van der Waals surface area contributed by atoms with Gasteiger partial charge in [0.2, 0.25) is 5.91 Å². The van der Waals surface area contributed by atoms with E-state index in [1.165, 1.54) is 16.2 Å². The van der Waals surface area contributed by atoms with Crippen LogP contribution in [0.2, 0.25) is 0 Å². The molecule has 0 saturated carbocycles. The molecule has 0 saturated heterocycles. The Labute approximate surface area is 201 Å². The molecule has 1 unspecified atom stereocenters. The van der Waals surface area contributed by atoms with Crippen molar-refractivity contribution in [3.05, 3.63) is 53.4 Å². The molecule has 1 N–H and O–H groups in total. The maximum absolute atomic E-state index is 12.8. The molecule has 2 amide bonds. The van der Waals surface area contributed by atoms with Crippen molar-refractivity contribution in [2.45, 2.75) is 32.8 Å². The summed E-state index contributed by atoms with van der Waals surface area (Å²) in [5, 5.41) is 5.04. The molecule has 0 bridgehead atoms. The van der Waals surface area contributed by atoms with Crippen LogP contribution in [0.25, 0.3) is 11.3 Å². The lowest BCUT2D eigenvalue weighted by Crippen LogP contribution is -2.47. The monoisotopic (exact) mass is 479 g/mol. The van der Waals surface area contributed by atoms with Gasteiger partial charge in [0.1, 0.15) is 18.0 Å². The fourth-order valence-electron chi connectivity index (χ4n) is 3.64. The van der Waals surface area contributed by atoms with E-state index in [0.29, 0.717) is 28.6 Å². The Bertz CT molecular complexity index is 1220. The average Bonchev–Trinajstić information content (AvgIpc) is 3.30. The fourth-order valence-corrected chi connectivity index (χ4v) is 4.38. The highest BCUT2D eigenvalue weighted by atomic mass is 32.1. The van der Waals surface area contributed by atoms with Gasteiger partial charge in [-0.2, -0.15) is 0 Å². The largest absolute Gasteiger partial charge is 0.497 e. The van der Waals surface area contributed by atoms with Crippen LogP contribution in [0.5, 0.6) is 11.5 Å². The van der Waals surface area contributed by atoms with Crippen LogP contribution in [0.1, 0.15) is 37.0 Å². The molecular formula is C25H25N3O5S. The Morgan fingerprint density at radius 1 is 1.21 bits per heavy atom. The van der Waals surface area contributed by atoms with Gasteiger partial charge < -0.3 is 14.8 Å². The highest BCUT2D eigenvalue weighted by molar-refractivity contribution is 7.14. The molecule has 176 valence electrons. The minimum absolute atomic E-state index is 0.0189. The Hall–Kier alpha value is -3.72. The zero-order valence-electron chi connectivity index (χ0n) is 19.2. The first-order valence-corrected chi connectivity index (χ1v) is 11.8. The van der Waals surface area contributed by atoms with Crippen LogP contribution in [0, 0.1) is 0 Å². The number of hydrogen-bond donors (Lipinski definition) is 1. The number of aromatic nitrogens is 1. The normalized spacial score (nSPS) is 14.9. The number of fused-ring (bicyclic) bond motifs is 1. The predicted octanol–water partition coefficient (Wildman–Crippen LogP) is 4.55. The number of carbonyl (C=O) groups is 3. The number of benzene rings is 2. The number of carbonyl (C=O) groups excluding carboxylic acids is 3. The molecule has 0 aliphatic carbocycles. The summed E-state index contributed by atoms with van der Waals surface area (Å²) in [4.78, 5) is 43.9. The summed E-state index contributed by atoms with van der Waals surface area (Å²) < 4.78 is 10.9. The molecule has 2 heterocycles. The summed E-state index contributed by atoms with van der Waals surface area (Å²) in [7, 11) is 1.60. The van der Waals surface area contributed by atoms with Crippen LogP contribution in [0.15, 0.2) is 47.8 Å². The number of nitrogens with one attached hydrogen (secondary N) is 1. The van der Waals surface area contributed by atoms with Gasteiger partial charge in [-0.1, -0.05) is 6.92 Å². The number of anilines is 2. The molecule has 1 aliphatic heterocycles. The highest BCUT2D eigenvalue weighted by Crippen LogP contribution is 2.35. The van der Waals surface area contributed by atoms with Crippen LogP contribution < -0.4 is 19.7 Å². The zero-order valence-corrected chi connectivity index (χ0v) is 20.0. The molecule has 0 spiro atoms. The van der Waals surface area contributed by atoms with Crippen LogP contribution in [-0.4, -0.2) is 42.3 Å². The van der Waals surface area contributed by atoms with E-state index < -0.39 is 12.0 Å². The molecule has 0 radical (unpaired) electrons. The van der Waals surface area contributed by atoms with Crippen molar-refractivity contribution in [3.63, 3.8) is 0 Å². The number of rotatable bonds is 8. The summed E-state index contributed by atoms with van der Waals surface area (Å²) in [5.41, 5.74) is 2.52. The van der Waals surface area contributed by atoms with E-state index in [4.69, 9.17) is 9.47 Å². The SMILES string of the molecule is CCCC(=O)c1ccc2c(c1)N(CC(=O)Nc1nc(-c3ccc(OC)cc3)cs1)C(=O)C(C)O2. The average molecular weight is 480 g/mol. The molecule has 3 aromatic rings. The number of Topliss-reactive ketones (excluding diaryl/α,β-unsaturated/α-hetero) is 1. The van der Waals surface area contributed by atoms with Gasteiger partial charge in [-0.3, -0.25) is 19.3 Å². The molecule has 1 atom stereocenters. The first-order chi connectivity index (χ1) is 16.4. The van der Waals surface area contributed by atoms with Gasteiger partial charge in [-0.15, -0.1) is 11.3 Å². The highest BCUT2D eigenvalue weighted by Gasteiger charge is 2.33. The van der Waals surface area contributed by atoms with E-state index in [1.807, 2.05) is 36.6 Å². The number of amides is 2. The van der Waals surface area contributed by atoms with E-state index in [9.17, 15) is 14.4 Å². The Morgan fingerprint density at radius 2 is 1.97 bits per heavy atom. The molecule has 34 heavy (non-hydrogen) atoms. The number of ketones is 1. The zero-order chi connectivity index (χ0) is 24.2. The lowest BCUT2D eigenvalue weighted by Gasteiger charge is -2.32. The van der Waals surface area contributed by atoms with Gasteiger partial charge in [-0.05, 0) is 55.8 Å². The molecule has 1 aliphatic rings. The first kappa shape index (κ1) is 23.4. The molecule has 8 nitrogen and oxygen atoms in total. The number of ether oxygens (including phenoxy) is 2. The van der Waals surface area contributed by atoms with Crippen molar-refractivity contribution >= 4 is 39.8 Å². The van der Waals surface area contributed by atoms with Crippen molar-refractivity contribution < 1.29 is 23.9 Å². The predicted molar refractivity (Wildman–Crippen MR) is 131 cm³/mol. The number of methoxy groups -OCH3 is 1.